The van der Waals surface area contributed by atoms with E-state index in [-0.39, 0.29) is 17.8 Å². The maximum Gasteiger partial charge on any atom is 0.251 e. The number of nitrogens with zero attached hydrogens (tertiary/aromatic N) is 2. The number of methoxy groups -OCH3 is 1. The van der Waals surface area contributed by atoms with Gasteiger partial charge in [0.1, 0.15) is 11.6 Å². The van der Waals surface area contributed by atoms with Gasteiger partial charge in [0.2, 0.25) is 0 Å². The van der Waals surface area contributed by atoms with Gasteiger partial charge in [0.05, 0.1) is 31.4 Å². The van der Waals surface area contributed by atoms with Crippen LogP contribution in [0.15, 0.2) is 72.9 Å². The number of aromatic nitrogens is 2. The minimum absolute atomic E-state index is 0.150. The first-order chi connectivity index (χ1) is 14.5. The Bertz CT molecular complexity index is 1170. The molecule has 0 aliphatic carbocycles. The van der Waals surface area contributed by atoms with E-state index in [0.29, 0.717) is 12.1 Å². The first kappa shape index (κ1) is 19.6. The molecule has 3 aromatic carbocycles. The molecule has 5 nitrogen and oxygen atoms in total. The van der Waals surface area contributed by atoms with Crippen LogP contribution >= 0.6 is 0 Å². The van der Waals surface area contributed by atoms with Crippen LogP contribution in [-0.4, -0.2) is 22.8 Å². The molecule has 152 valence electrons. The van der Waals surface area contributed by atoms with Crippen molar-refractivity contribution in [3.8, 4) is 5.75 Å². The number of halogens is 1. The van der Waals surface area contributed by atoms with E-state index in [1.807, 2.05) is 48.0 Å². The topological polar surface area (TPSA) is 56.1 Å². The number of benzene rings is 3. The SMILES string of the molecule is COc1ccc([C@@H](C)NC(=O)c2ccc3cnn(Cc4ccc(F)cc4)c3c2)cc1. The number of carbonyl (C=O) groups is 1. The molecule has 1 N–H and O–H groups in total. The molecule has 0 aliphatic heterocycles. The number of hydrogen-bond acceptors (Lipinski definition) is 3. The number of carbonyl (C=O) groups excluding carboxylic acids is 1. The van der Waals surface area contributed by atoms with Crippen molar-refractivity contribution in [3.05, 3.63) is 95.4 Å². The van der Waals surface area contributed by atoms with Gasteiger partial charge in [-0.2, -0.15) is 5.10 Å². The van der Waals surface area contributed by atoms with Gasteiger partial charge >= 0.3 is 0 Å². The number of nitrogens with one attached hydrogen (secondary N) is 1. The molecule has 0 saturated heterocycles. The van der Waals surface area contributed by atoms with Gasteiger partial charge in [-0.3, -0.25) is 9.48 Å². The molecule has 1 heterocycles. The van der Waals surface area contributed by atoms with Crippen LogP contribution in [0.4, 0.5) is 4.39 Å². The zero-order valence-corrected chi connectivity index (χ0v) is 16.8. The summed E-state index contributed by atoms with van der Waals surface area (Å²) in [7, 11) is 1.62. The quantitative estimate of drug-likeness (QED) is 0.507. The van der Waals surface area contributed by atoms with E-state index >= 15 is 0 Å². The standard InChI is InChI=1S/C24H22FN3O2/c1-16(18-7-11-22(30-2)12-8-18)27-24(29)19-5-6-20-14-26-28(23(20)13-19)15-17-3-9-21(25)10-4-17/h3-14,16H,15H2,1-2H3,(H,27,29)/t16-/m1/s1. The van der Waals surface area contributed by atoms with E-state index in [9.17, 15) is 9.18 Å². The fraction of sp³-hybridized carbons (Fsp3) is 0.167. The fourth-order valence-electron chi connectivity index (χ4n) is 3.36. The third-order valence-electron chi connectivity index (χ3n) is 5.12. The van der Waals surface area contributed by atoms with E-state index in [1.54, 1.807) is 31.5 Å². The Hall–Kier alpha value is -3.67. The van der Waals surface area contributed by atoms with Crippen LogP contribution in [-0.2, 0) is 6.54 Å². The van der Waals surface area contributed by atoms with Gasteiger partial charge in [0, 0.05) is 10.9 Å². The minimum Gasteiger partial charge on any atom is -0.497 e. The molecule has 1 aromatic heterocycles. The molecule has 30 heavy (non-hydrogen) atoms. The van der Waals surface area contributed by atoms with Gasteiger partial charge in [-0.05, 0) is 54.4 Å². The molecule has 0 aliphatic rings. The third-order valence-corrected chi connectivity index (χ3v) is 5.12. The summed E-state index contributed by atoms with van der Waals surface area (Å²) in [6.07, 6.45) is 1.76. The van der Waals surface area contributed by atoms with Crippen LogP contribution in [0.25, 0.3) is 10.9 Å². The summed E-state index contributed by atoms with van der Waals surface area (Å²) in [5.74, 6) is 0.348. The van der Waals surface area contributed by atoms with Crippen LogP contribution in [0.3, 0.4) is 0 Å². The molecule has 1 atom stereocenters. The van der Waals surface area contributed by atoms with Gasteiger partial charge in [0.15, 0.2) is 0 Å². The van der Waals surface area contributed by atoms with Crippen molar-refractivity contribution in [3.63, 3.8) is 0 Å². The Kier molecular flexibility index (Phi) is 5.48. The van der Waals surface area contributed by atoms with Crippen molar-refractivity contribution in [2.75, 3.05) is 7.11 Å². The molecule has 0 spiro atoms. The van der Waals surface area contributed by atoms with Crippen molar-refractivity contribution in [1.29, 1.82) is 0 Å². The van der Waals surface area contributed by atoms with Crippen LogP contribution in [0.5, 0.6) is 5.75 Å². The number of ether oxygens (including phenoxy) is 1. The molecular weight excluding hydrogens is 381 g/mol. The lowest BCUT2D eigenvalue weighted by molar-refractivity contribution is 0.0940. The van der Waals surface area contributed by atoms with E-state index in [0.717, 1.165) is 27.8 Å². The minimum atomic E-state index is -0.269. The summed E-state index contributed by atoms with van der Waals surface area (Å²) >= 11 is 0. The summed E-state index contributed by atoms with van der Waals surface area (Å²) in [4.78, 5) is 12.8. The molecule has 0 radical (unpaired) electrons. The summed E-state index contributed by atoms with van der Waals surface area (Å²) in [5, 5.41) is 8.39. The lowest BCUT2D eigenvalue weighted by Gasteiger charge is -2.15. The van der Waals surface area contributed by atoms with Gasteiger partial charge in [-0.1, -0.05) is 30.3 Å². The monoisotopic (exact) mass is 403 g/mol. The summed E-state index contributed by atoms with van der Waals surface area (Å²) in [6.45, 7) is 2.44. The van der Waals surface area contributed by atoms with Gasteiger partial charge < -0.3 is 10.1 Å². The maximum absolute atomic E-state index is 13.2. The highest BCUT2D eigenvalue weighted by atomic mass is 19.1. The number of rotatable bonds is 6. The predicted octanol–water partition coefficient (Wildman–Crippen LogP) is 4.72. The number of amides is 1. The molecule has 4 aromatic rings. The first-order valence-electron chi connectivity index (χ1n) is 9.68. The average Bonchev–Trinajstić information content (AvgIpc) is 3.17. The van der Waals surface area contributed by atoms with Gasteiger partial charge in [-0.15, -0.1) is 0 Å². The average molecular weight is 403 g/mol. The highest BCUT2D eigenvalue weighted by Gasteiger charge is 2.14. The van der Waals surface area contributed by atoms with Crippen molar-refractivity contribution >= 4 is 16.8 Å². The van der Waals surface area contributed by atoms with Crippen molar-refractivity contribution < 1.29 is 13.9 Å². The van der Waals surface area contributed by atoms with Crippen LogP contribution < -0.4 is 10.1 Å². The second-order valence-corrected chi connectivity index (χ2v) is 7.17. The van der Waals surface area contributed by atoms with Crippen LogP contribution in [0, 0.1) is 5.82 Å². The summed E-state index contributed by atoms with van der Waals surface area (Å²) in [6, 6.07) is 19.3. The maximum atomic E-state index is 13.2. The largest absolute Gasteiger partial charge is 0.497 e. The Labute approximate surface area is 174 Å². The molecule has 0 saturated carbocycles. The Morgan fingerprint density at radius 1 is 1.10 bits per heavy atom. The number of hydrogen-bond donors (Lipinski definition) is 1. The Morgan fingerprint density at radius 2 is 1.83 bits per heavy atom. The molecule has 0 fully saturated rings. The molecule has 4 rings (SSSR count). The van der Waals surface area contributed by atoms with Crippen molar-refractivity contribution in [1.82, 2.24) is 15.1 Å². The lowest BCUT2D eigenvalue weighted by Crippen LogP contribution is -2.26. The highest BCUT2D eigenvalue weighted by molar-refractivity contribution is 5.98. The highest BCUT2D eigenvalue weighted by Crippen LogP contribution is 2.20. The second kappa shape index (κ2) is 8.37. The molecule has 1 amide bonds. The number of fused-ring (bicyclic) bond motifs is 1. The Morgan fingerprint density at radius 3 is 2.53 bits per heavy atom. The lowest BCUT2D eigenvalue weighted by atomic mass is 10.1. The second-order valence-electron chi connectivity index (χ2n) is 7.17. The Balaban J connectivity index is 1.53. The fourth-order valence-corrected chi connectivity index (χ4v) is 3.36. The zero-order valence-electron chi connectivity index (χ0n) is 16.8. The molecule has 0 bridgehead atoms. The normalized spacial score (nSPS) is 12.0. The first-order valence-corrected chi connectivity index (χ1v) is 9.68. The molecule has 6 heteroatoms. The van der Waals surface area contributed by atoms with Crippen LogP contribution in [0.2, 0.25) is 0 Å². The van der Waals surface area contributed by atoms with Gasteiger partial charge in [-0.25, -0.2) is 4.39 Å². The van der Waals surface area contributed by atoms with Gasteiger partial charge in [0.25, 0.3) is 5.91 Å². The summed E-state index contributed by atoms with van der Waals surface area (Å²) in [5.41, 5.74) is 3.34. The summed E-state index contributed by atoms with van der Waals surface area (Å²) < 4.78 is 20.1. The van der Waals surface area contributed by atoms with E-state index in [1.165, 1.54) is 12.1 Å². The van der Waals surface area contributed by atoms with Crippen molar-refractivity contribution in [2.24, 2.45) is 0 Å². The van der Waals surface area contributed by atoms with E-state index < -0.39 is 0 Å². The van der Waals surface area contributed by atoms with E-state index in [4.69, 9.17) is 4.74 Å². The van der Waals surface area contributed by atoms with E-state index in [2.05, 4.69) is 10.4 Å². The molecular formula is C24H22FN3O2. The van der Waals surface area contributed by atoms with Crippen LogP contribution in [0.1, 0.15) is 34.5 Å². The van der Waals surface area contributed by atoms with Crippen molar-refractivity contribution in [2.45, 2.75) is 19.5 Å². The third kappa shape index (κ3) is 4.17. The predicted molar refractivity (Wildman–Crippen MR) is 114 cm³/mol. The smallest absolute Gasteiger partial charge is 0.251 e. The zero-order chi connectivity index (χ0) is 21.1. The molecule has 0 unspecified atom stereocenters.